The highest BCUT2D eigenvalue weighted by atomic mass is 16.5. The molecular weight excluding hydrogens is 338 g/mol. The van der Waals surface area contributed by atoms with Crippen LogP contribution < -0.4 is 10.5 Å². The Kier molecular flexibility index (Phi) is 16.3. The summed E-state index contributed by atoms with van der Waals surface area (Å²) in [4.78, 5) is 0. The molecule has 0 aliphatic heterocycles. The van der Waals surface area contributed by atoms with Crippen molar-refractivity contribution in [2.45, 2.75) is 67.9 Å². The molecule has 1 atom stereocenters. The summed E-state index contributed by atoms with van der Waals surface area (Å²) in [6.07, 6.45) is 0.637. The van der Waals surface area contributed by atoms with Gasteiger partial charge < -0.3 is 20.7 Å². The highest BCUT2D eigenvalue weighted by Gasteiger charge is 2.10. The van der Waals surface area contributed by atoms with Gasteiger partial charge in [-0.1, -0.05) is 53.7 Å². The molecule has 0 fully saturated rings. The van der Waals surface area contributed by atoms with Crippen molar-refractivity contribution in [3.05, 3.63) is 53.1 Å². The number of rotatable bonds is 5. The van der Waals surface area contributed by atoms with E-state index < -0.39 is 0 Å². The van der Waals surface area contributed by atoms with Gasteiger partial charge in [0, 0.05) is 6.04 Å². The Morgan fingerprint density at radius 2 is 1.33 bits per heavy atom. The molecule has 0 radical (unpaired) electrons. The largest absolute Gasteiger partial charge is 0.508 e. The van der Waals surface area contributed by atoms with Gasteiger partial charge in [-0.2, -0.15) is 0 Å². The van der Waals surface area contributed by atoms with Crippen LogP contribution >= 0.6 is 0 Å². The fourth-order valence-electron chi connectivity index (χ4n) is 2.32. The maximum atomic E-state index is 9.29. The van der Waals surface area contributed by atoms with Crippen molar-refractivity contribution in [3.8, 4) is 17.2 Å². The van der Waals surface area contributed by atoms with E-state index in [1.165, 1.54) is 0 Å². The molecule has 0 aliphatic rings. The third-order valence-corrected chi connectivity index (χ3v) is 3.31. The maximum absolute atomic E-state index is 9.29. The van der Waals surface area contributed by atoms with Crippen LogP contribution in [0, 0.1) is 13.8 Å². The molecule has 2 aromatic rings. The van der Waals surface area contributed by atoms with Gasteiger partial charge in [-0.3, -0.25) is 0 Å². The molecule has 2 aromatic carbocycles. The molecule has 4 heteroatoms. The second kappa shape index (κ2) is 16.2. The van der Waals surface area contributed by atoms with Crippen LogP contribution in [-0.2, 0) is 6.42 Å². The zero-order valence-corrected chi connectivity index (χ0v) is 18.3. The topological polar surface area (TPSA) is 75.7 Å². The van der Waals surface area contributed by atoms with E-state index in [2.05, 4.69) is 0 Å². The molecular formula is C23H39NO3. The summed E-state index contributed by atoms with van der Waals surface area (Å²) in [5.74, 6) is 1.70. The lowest BCUT2D eigenvalue weighted by Crippen LogP contribution is -2.26. The minimum atomic E-state index is -0.243. The Labute approximate surface area is 166 Å². The number of aliphatic hydroxyl groups is 1. The minimum absolute atomic E-state index is 0.0240. The molecule has 0 spiro atoms. The molecule has 4 nitrogen and oxygen atoms in total. The van der Waals surface area contributed by atoms with Gasteiger partial charge in [-0.05, 0) is 61.2 Å². The van der Waals surface area contributed by atoms with Crippen molar-refractivity contribution in [1.82, 2.24) is 0 Å². The van der Waals surface area contributed by atoms with Crippen molar-refractivity contribution >= 4 is 0 Å². The number of phenols is 1. The minimum Gasteiger partial charge on any atom is -0.508 e. The maximum Gasteiger partial charge on any atom is 0.133 e. The summed E-state index contributed by atoms with van der Waals surface area (Å²) in [7, 11) is 0. The Bertz CT molecular complexity index is 587. The molecule has 0 aromatic heterocycles. The van der Waals surface area contributed by atoms with E-state index in [1.807, 2.05) is 67.5 Å². The number of aryl methyl sites for hydroxylation is 2. The monoisotopic (exact) mass is 377 g/mol. The standard InChI is InChI=1S/C17H21NO3.3C2H6/c1-11-7-13(9-14(18)10-19)8-12(2)17(11)21-16-5-3-15(20)4-6-16;3*1-2/h3-8,14,19-20H,9-10,18H2,1-2H3;3*1-2H3. The molecule has 2 rings (SSSR count). The average molecular weight is 378 g/mol. The van der Waals surface area contributed by atoms with Crippen LogP contribution in [0.4, 0.5) is 0 Å². The highest BCUT2D eigenvalue weighted by Crippen LogP contribution is 2.30. The van der Waals surface area contributed by atoms with Crippen molar-refractivity contribution in [2.75, 3.05) is 6.61 Å². The van der Waals surface area contributed by atoms with E-state index in [1.54, 1.807) is 24.3 Å². The Hall–Kier alpha value is -2.04. The number of hydrogen-bond acceptors (Lipinski definition) is 4. The number of ether oxygens (including phenoxy) is 1. The molecule has 0 saturated carbocycles. The Balaban J connectivity index is 0. The van der Waals surface area contributed by atoms with Gasteiger partial charge in [0.1, 0.15) is 17.2 Å². The summed E-state index contributed by atoms with van der Waals surface area (Å²) in [5, 5.41) is 18.3. The molecule has 4 N–H and O–H groups in total. The fraction of sp³-hybridized carbons (Fsp3) is 0.478. The van der Waals surface area contributed by atoms with Crippen LogP contribution in [0.2, 0.25) is 0 Å². The molecule has 0 saturated heterocycles. The van der Waals surface area contributed by atoms with E-state index in [4.69, 9.17) is 15.6 Å². The van der Waals surface area contributed by atoms with Crippen molar-refractivity contribution < 1.29 is 14.9 Å². The lowest BCUT2D eigenvalue weighted by atomic mass is 10.0. The van der Waals surface area contributed by atoms with Crippen molar-refractivity contribution in [1.29, 1.82) is 0 Å². The number of aromatic hydroxyl groups is 1. The number of aliphatic hydroxyl groups excluding tert-OH is 1. The van der Waals surface area contributed by atoms with Gasteiger partial charge in [0.15, 0.2) is 0 Å². The summed E-state index contributed by atoms with van der Waals surface area (Å²) < 4.78 is 5.89. The summed E-state index contributed by atoms with van der Waals surface area (Å²) >= 11 is 0. The SMILES string of the molecule is CC.CC.CC.Cc1cc(CC(N)CO)cc(C)c1Oc1ccc(O)cc1. The zero-order chi connectivity index (χ0) is 21.4. The first kappa shape index (κ1) is 27.2. The van der Waals surface area contributed by atoms with Gasteiger partial charge in [-0.15, -0.1) is 0 Å². The average Bonchev–Trinajstić information content (AvgIpc) is 2.70. The van der Waals surface area contributed by atoms with E-state index in [0.29, 0.717) is 12.2 Å². The fourth-order valence-corrected chi connectivity index (χ4v) is 2.32. The van der Waals surface area contributed by atoms with Crippen LogP contribution in [0.15, 0.2) is 36.4 Å². The summed E-state index contributed by atoms with van der Waals surface area (Å²) in [5.41, 5.74) is 8.90. The number of benzene rings is 2. The van der Waals surface area contributed by atoms with E-state index in [9.17, 15) is 5.11 Å². The molecule has 0 bridgehead atoms. The lowest BCUT2D eigenvalue weighted by molar-refractivity contribution is 0.265. The first-order chi connectivity index (χ1) is 13.0. The van der Waals surface area contributed by atoms with Crippen molar-refractivity contribution in [3.63, 3.8) is 0 Å². The van der Waals surface area contributed by atoms with Gasteiger partial charge >= 0.3 is 0 Å². The van der Waals surface area contributed by atoms with E-state index in [-0.39, 0.29) is 18.4 Å². The number of hydrogen-bond donors (Lipinski definition) is 3. The van der Waals surface area contributed by atoms with Crippen LogP contribution in [-0.4, -0.2) is 22.9 Å². The smallest absolute Gasteiger partial charge is 0.133 e. The first-order valence-corrected chi connectivity index (χ1v) is 9.93. The number of nitrogens with two attached hydrogens (primary N) is 1. The first-order valence-electron chi connectivity index (χ1n) is 9.93. The molecule has 154 valence electrons. The number of phenolic OH excluding ortho intramolecular Hbond substituents is 1. The lowest BCUT2D eigenvalue weighted by Gasteiger charge is -2.15. The zero-order valence-electron chi connectivity index (χ0n) is 18.3. The van der Waals surface area contributed by atoms with Gasteiger partial charge in [0.25, 0.3) is 0 Å². The Morgan fingerprint density at radius 3 is 1.74 bits per heavy atom. The van der Waals surface area contributed by atoms with Crippen LogP contribution in [0.1, 0.15) is 58.2 Å². The Morgan fingerprint density at radius 1 is 0.889 bits per heavy atom. The quantitative estimate of drug-likeness (QED) is 0.621. The third kappa shape index (κ3) is 10.0. The van der Waals surface area contributed by atoms with E-state index >= 15 is 0 Å². The van der Waals surface area contributed by atoms with Gasteiger partial charge in [0.2, 0.25) is 0 Å². The highest BCUT2D eigenvalue weighted by molar-refractivity contribution is 5.46. The summed E-state index contributed by atoms with van der Waals surface area (Å²) in [6, 6.07) is 10.4. The van der Waals surface area contributed by atoms with E-state index in [0.717, 1.165) is 22.4 Å². The second-order valence-electron chi connectivity index (χ2n) is 5.30. The predicted molar refractivity (Wildman–Crippen MR) is 117 cm³/mol. The molecule has 0 heterocycles. The van der Waals surface area contributed by atoms with Gasteiger partial charge in [-0.25, -0.2) is 0 Å². The van der Waals surface area contributed by atoms with Crippen LogP contribution in [0.25, 0.3) is 0 Å². The molecule has 1 unspecified atom stereocenters. The second-order valence-corrected chi connectivity index (χ2v) is 5.30. The molecule has 0 amide bonds. The summed E-state index contributed by atoms with van der Waals surface area (Å²) in [6.45, 7) is 15.9. The predicted octanol–water partition coefficient (Wildman–Crippen LogP) is 5.74. The van der Waals surface area contributed by atoms with Gasteiger partial charge in [0.05, 0.1) is 6.61 Å². The van der Waals surface area contributed by atoms with Crippen LogP contribution in [0.3, 0.4) is 0 Å². The van der Waals surface area contributed by atoms with Crippen molar-refractivity contribution in [2.24, 2.45) is 5.73 Å². The third-order valence-electron chi connectivity index (χ3n) is 3.31. The molecule has 27 heavy (non-hydrogen) atoms. The van der Waals surface area contributed by atoms with Crippen LogP contribution in [0.5, 0.6) is 17.2 Å². The molecule has 0 aliphatic carbocycles. The normalized spacial score (nSPS) is 10.1.